The first kappa shape index (κ1) is 23.5. The molecule has 1 heterocycles. The van der Waals surface area contributed by atoms with Crippen molar-refractivity contribution >= 4 is 0 Å². The van der Waals surface area contributed by atoms with Gasteiger partial charge in [-0.05, 0) is 60.4 Å². The van der Waals surface area contributed by atoms with Crippen LogP contribution in [-0.2, 0) is 7.05 Å². The third-order valence-electron chi connectivity index (χ3n) is 6.80. The lowest BCUT2D eigenvalue weighted by Crippen LogP contribution is -1.96. The molecule has 0 radical (unpaired) electrons. The average Bonchev–Trinajstić information content (AvgIpc) is 3.22. The molecule has 36 heavy (non-hydrogen) atoms. The summed E-state index contributed by atoms with van der Waals surface area (Å²) in [5.74, 6) is 1.69. The van der Waals surface area contributed by atoms with E-state index in [0.717, 1.165) is 22.6 Å². The van der Waals surface area contributed by atoms with Gasteiger partial charge in [0.15, 0.2) is 0 Å². The van der Waals surface area contributed by atoms with Crippen molar-refractivity contribution in [2.75, 3.05) is 14.2 Å². The van der Waals surface area contributed by atoms with Crippen LogP contribution in [0.2, 0.25) is 0 Å². The van der Waals surface area contributed by atoms with E-state index in [9.17, 15) is 0 Å². The molecule has 0 saturated heterocycles. The smallest absolute Gasteiger partial charge is 0.118 e. The summed E-state index contributed by atoms with van der Waals surface area (Å²) in [6, 6.07) is 34.3. The third kappa shape index (κ3) is 4.29. The molecule has 4 aromatic carbocycles. The van der Waals surface area contributed by atoms with Crippen molar-refractivity contribution < 1.29 is 9.47 Å². The topological polar surface area (TPSA) is 23.4 Å². The summed E-state index contributed by atoms with van der Waals surface area (Å²) < 4.78 is 13.3. The number of aryl methyl sites for hydroxylation is 2. The second-order valence-corrected chi connectivity index (χ2v) is 9.20. The Bertz CT molecular complexity index is 1360. The largest absolute Gasteiger partial charge is 0.497 e. The van der Waals surface area contributed by atoms with Crippen LogP contribution in [0.3, 0.4) is 0 Å². The molecule has 3 nitrogen and oxygen atoms in total. The minimum atomic E-state index is 0.844. The SMILES string of the molecule is COc1ccc(-c2c(-c3ccc(OC)cc3)c(-c3ccc(C)cc3)n(C)c2-c2ccc(C)cc2)cc1. The highest BCUT2D eigenvalue weighted by Gasteiger charge is 2.25. The molecule has 180 valence electrons. The second-order valence-electron chi connectivity index (χ2n) is 9.20. The monoisotopic (exact) mass is 473 g/mol. The first-order valence-electron chi connectivity index (χ1n) is 12.2. The van der Waals surface area contributed by atoms with E-state index in [1.807, 2.05) is 24.3 Å². The van der Waals surface area contributed by atoms with Crippen LogP contribution in [0.5, 0.6) is 11.5 Å². The summed E-state index contributed by atoms with van der Waals surface area (Å²) in [6.07, 6.45) is 0. The molecule has 5 aromatic rings. The van der Waals surface area contributed by atoms with Gasteiger partial charge in [-0.25, -0.2) is 0 Å². The molecule has 0 unspecified atom stereocenters. The quantitative estimate of drug-likeness (QED) is 0.247. The highest BCUT2D eigenvalue weighted by Crippen LogP contribution is 2.48. The molecule has 0 atom stereocenters. The maximum Gasteiger partial charge on any atom is 0.118 e. The molecule has 3 heteroatoms. The van der Waals surface area contributed by atoms with Crippen LogP contribution < -0.4 is 9.47 Å². The summed E-state index contributed by atoms with van der Waals surface area (Å²) in [5, 5.41) is 0. The zero-order valence-corrected chi connectivity index (χ0v) is 21.5. The first-order valence-corrected chi connectivity index (χ1v) is 12.2. The molecule has 0 aliphatic heterocycles. The van der Waals surface area contributed by atoms with Crippen molar-refractivity contribution in [3.05, 3.63) is 108 Å². The molecule has 0 N–H and O–H groups in total. The van der Waals surface area contributed by atoms with E-state index >= 15 is 0 Å². The second kappa shape index (κ2) is 9.79. The van der Waals surface area contributed by atoms with Crippen molar-refractivity contribution in [3.8, 4) is 56.3 Å². The molecule has 5 rings (SSSR count). The Morgan fingerprint density at radius 1 is 0.444 bits per heavy atom. The number of benzene rings is 4. The van der Waals surface area contributed by atoms with Gasteiger partial charge in [-0.1, -0.05) is 83.9 Å². The van der Waals surface area contributed by atoms with Crippen LogP contribution in [0.4, 0.5) is 0 Å². The van der Waals surface area contributed by atoms with Crippen LogP contribution in [0.15, 0.2) is 97.1 Å². The van der Waals surface area contributed by atoms with Crippen LogP contribution in [0, 0.1) is 13.8 Å². The molecular formula is C33H31NO2. The zero-order valence-electron chi connectivity index (χ0n) is 21.5. The fourth-order valence-electron chi connectivity index (χ4n) is 4.86. The van der Waals surface area contributed by atoms with Crippen molar-refractivity contribution in [3.63, 3.8) is 0 Å². The third-order valence-corrected chi connectivity index (χ3v) is 6.80. The molecule has 0 aliphatic carbocycles. The first-order chi connectivity index (χ1) is 17.5. The Labute approximate surface area is 213 Å². The molecule has 0 spiro atoms. The Hall–Kier alpha value is -4.24. The summed E-state index contributed by atoms with van der Waals surface area (Å²) in [7, 11) is 5.57. The van der Waals surface area contributed by atoms with Crippen molar-refractivity contribution in [2.45, 2.75) is 13.8 Å². The molecule has 0 amide bonds. The number of nitrogens with zero attached hydrogens (tertiary/aromatic N) is 1. The van der Waals surface area contributed by atoms with Gasteiger partial charge in [0.2, 0.25) is 0 Å². The predicted octanol–water partition coefficient (Wildman–Crippen LogP) is 8.33. The molecule has 1 aromatic heterocycles. The van der Waals surface area contributed by atoms with Gasteiger partial charge in [0, 0.05) is 18.2 Å². The fourth-order valence-corrected chi connectivity index (χ4v) is 4.86. The maximum atomic E-state index is 5.46. The lowest BCUT2D eigenvalue weighted by atomic mass is 9.91. The van der Waals surface area contributed by atoms with Crippen LogP contribution in [-0.4, -0.2) is 18.8 Å². The van der Waals surface area contributed by atoms with Crippen LogP contribution in [0.25, 0.3) is 44.8 Å². The molecular weight excluding hydrogens is 442 g/mol. The van der Waals surface area contributed by atoms with Gasteiger partial charge in [-0.15, -0.1) is 0 Å². The lowest BCUT2D eigenvalue weighted by Gasteiger charge is -2.12. The van der Waals surface area contributed by atoms with Crippen molar-refractivity contribution in [2.24, 2.45) is 7.05 Å². The van der Waals surface area contributed by atoms with E-state index in [1.165, 1.54) is 44.8 Å². The van der Waals surface area contributed by atoms with E-state index in [0.29, 0.717) is 0 Å². The number of hydrogen-bond acceptors (Lipinski definition) is 2. The summed E-state index contributed by atoms with van der Waals surface area (Å²) in [6.45, 7) is 4.25. The standard InChI is InChI=1S/C33H31NO2/c1-22-6-10-26(11-7-22)32-30(24-14-18-28(35-4)19-15-24)31(25-16-20-29(36-5)21-17-25)33(34(32)3)27-12-8-23(2)9-13-27/h6-21H,1-5H3. The Kier molecular flexibility index (Phi) is 6.39. The van der Waals surface area contributed by atoms with E-state index in [4.69, 9.17) is 9.47 Å². The summed E-state index contributed by atoms with van der Waals surface area (Å²) in [4.78, 5) is 0. The van der Waals surface area contributed by atoms with Gasteiger partial charge in [-0.2, -0.15) is 0 Å². The minimum Gasteiger partial charge on any atom is -0.497 e. The van der Waals surface area contributed by atoms with E-state index in [2.05, 4.69) is 98.3 Å². The molecule has 0 aliphatic rings. The minimum absolute atomic E-state index is 0.844. The molecule has 0 fully saturated rings. The number of rotatable bonds is 6. The Morgan fingerprint density at radius 2 is 0.750 bits per heavy atom. The van der Waals surface area contributed by atoms with Gasteiger partial charge in [-0.3, -0.25) is 0 Å². The Morgan fingerprint density at radius 3 is 1.06 bits per heavy atom. The van der Waals surface area contributed by atoms with E-state index in [1.54, 1.807) is 14.2 Å². The van der Waals surface area contributed by atoms with Crippen molar-refractivity contribution in [1.82, 2.24) is 4.57 Å². The number of hydrogen-bond donors (Lipinski definition) is 0. The van der Waals surface area contributed by atoms with Crippen LogP contribution >= 0.6 is 0 Å². The number of ether oxygens (including phenoxy) is 2. The number of methoxy groups -OCH3 is 2. The van der Waals surface area contributed by atoms with Crippen LogP contribution in [0.1, 0.15) is 11.1 Å². The van der Waals surface area contributed by atoms with Gasteiger partial charge < -0.3 is 14.0 Å². The summed E-state index contributed by atoms with van der Waals surface area (Å²) in [5.41, 5.74) is 11.9. The van der Waals surface area contributed by atoms with Crippen molar-refractivity contribution in [1.29, 1.82) is 0 Å². The Balaban J connectivity index is 1.89. The molecule has 0 saturated carbocycles. The predicted molar refractivity (Wildman–Crippen MR) is 150 cm³/mol. The maximum absolute atomic E-state index is 5.46. The zero-order chi connectivity index (χ0) is 25.2. The fraction of sp³-hybridized carbons (Fsp3) is 0.152. The van der Waals surface area contributed by atoms with E-state index < -0.39 is 0 Å². The average molecular weight is 474 g/mol. The normalized spacial score (nSPS) is 10.9. The highest BCUT2D eigenvalue weighted by atomic mass is 16.5. The number of aromatic nitrogens is 1. The van der Waals surface area contributed by atoms with Gasteiger partial charge in [0.25, 0.3) is 0 Å². The summed E-state index contributed by atoms with van der Waals surface area (Å²) >= 11 is 0. The lowest BCUT2D eigenvalue weighted by molar-refractivity contribution is 0.414. The molecule has 0 bridgehead atoms. The van der Waals surface area contributed by atoms with Gasteiger partial charge in [0.05, 0.1) is 25.6 Å². The van der Waals surface area contributed by atoms with Gasteiger partial charge in [0.1, 0.15) is 11.5 Å². The highest BCUT2D eigenvalue weighted by molar-refractivity contribution is 6.02. The van der Waals surface area contributed by atoms with E-state index in [-0.39, 0.29) is 0 Å². The van der Waals surface area contributed by atoms with Gasteiger partial charge >= 0.3 is 0 Å².